The molecule has 1 amide bonds. The van der Waals surface area contributed by atoms with Crippen LogP contribution in [0.4, 0.5) is 0 Å². The predicted molar refractivity (Wildman–Crippen MR) is 105 cm³/mol. The monoisotopic (exact) mass is 367 g/mol. The van der Waals surface area contributed by atoms with E-state index in [9.17, 15) is 4.79 Å². The number of rotatable bonds is 5. The molecule has 1 aliphatic heterocycles. The molecule has 2 aromatic rings. The fraction of sp³-hybridized carbons (Fsp3) is 0.545. The summed E-state index contributed by atoms with van der Waals surface area (Å²) in [6, 6.07) is 6.28. The molecule has 2 heterocycles. The third-order valence-electron chi connectivity index (χ3n) is 5.79. The van der Waals surface area contributed by atoms with Crippen LogP contribution in [0.1, 0.15) is 44.2 Å². The smallest absolute Gasteiger partial charge is 0.266 e. The van der Waals surface area contributed by atoms with Gasteiger partial charge in [-0.1, -0.05) is 6.07 Å². The molecule has 1 fully saturated rings. The van der Waals surface area contributed by atoms with Crippen molar-refractivity contribution in [1.82, 2.24) is 14.5 Å². The Morgan fingerprint density at radius 1 is 1.26 bits per heavy atom. The first-order valence-corrected chi connectivity index (χ1v) is 10.1. The summed E-state index contributed by atoms with van der Waals surface area (Å²) < 4.78 is 8.28. The lowest BCUT2D eigenvalue weighted by Gasteiger charge is -2.37. The van der Waals surface area contributed by atoms with Crippen molar-refractivity contribution in [1.29, 1.82) is 0 Å². The van der Waals surface area contributed by atoms with Gasteiger partial charge in [-0.2, -0.15) is 0 Å². The van der Waals surface area contributed by atoms with Gasteiger partial charge < -0.3 is 14.2 Å². The Morgan fingerprint density at radius 2 is 2.11 bits per heavy atom. The van der Waals surface area contributed by atoms with Gasteiger partial charge in [0.15, 0.2) is 5.60 Å². The van der Waals surface area contributed by atoms with Crippen molar-refractivity contribution in [2.45, 2.75) is 58.1 Å². The summed E-state index contributed by atoms with van der Waals surface area (Å²) in [6.45, 7) is 6.30. The molecule has 0 unspecified atom stereocenters. The first-order valence-electron chi connectivity index (χ1n) is 10.1. The molecule has 5 heteroatoms. The summed E-state index contributed by atoms with van der Waals surface area (Å²) in [6.07, 6.45) is 11.3. The number of hydrogen-bond acceptors (Lipinski definition) is 3. The molecule has 1 aromatic heterocycles. The summed E-state index contributed by atoms with van der Waals surface area (Å²) in [7, 11) is 0. The van der Waals surface area contributed by atoms with Gasteiger partial charge in [0.1, 0.15) is 5.75 Å². The van der Waals surface area contributed by atoms with Gasteiger partial charge in [-0.25, -0.2) is 4.98 Å². The third-order valence-corrected chi connectivity index (χ3v) is 5.79. The highest BCUT2D eigenvalue weighted by molar-refractivity contribution is 5.85. The molecular weight excluding hydrogens is 338 g/mol. The van der Waals surface area contributed by atoms with Crippen molar-refractivity contribution in [3.05, 3.63) is 48.0 Å². The Hall–Kier alpha value is -2.30. The van der Waals surface area contributed by atoms with Gasteiger partial charge >= 0.3 is 0 Å². The molecular formula is C22H29N3O2. The van der Waals surface area contributed by atoms with E-state index < -0.39 is 5.60 Å². The van der Waals surface area contributed by atoms with Gasteiger partial charge in [-0.05, 0) is 75.1 Å². The maximum atomic E-state index is 13.2. The van der Waals surface area contributed by atoms with Crippen molar-refractivity contribution in [2.24, 2.45) is 5.92 Å². The van der Waals surface area contributed by atoms with Crippen molar-refractivity contribution < 1.29 is 9.53 Å². The second-order valence-electron chi connectivity index (χ2n) is 8.42. The number of likely N-dealkylation sites (tertiary alicyclic amines) is 1. The van der Waals surface area contributed by atoms with E-state index in [2.05, 4.69) is 21.7 Å². The van der Waals surface area contributed by atoms with Crippen LogP contribution in [0.3, 0.4) is 0 Å². The van der Waals surface area contributed by atoms with E-state index in [4.69, 9.17) is 4.74 Å². The van der Waals surface area contributed by atoms with E-state index in [0.29, 0.717) is 5.92 Å². The predicted octanol–water partition coefficient (Wildman–Crippen LogP) is 3.47. The number of aromatic nitrogens is 2. The molecule has 1 saturated heterocycles. The van der Waals surface area contributed by atoms with Crippen molar-refractivity contribution >= 4 is 5.91 Å². The van der Waals surface area contributed by atoms with Crippen LogP contribution < -0.4 is 4.74 Å². The Bertz CT molecular complexity index is 798. The highest BCUT2D eigenvalue weighted by Gasteiger charge is 2.36. The van der Waals surface area contributed by atoms with Gasteiger partial charge in [0.2, 0.25) is 0 Å². The Labute approximate surface area is 161 Å². The summed E-state index contributed by atoms with van der Waals surface area (Å²) in [5.74, 6) is 1.35. The molecule has 1 aliphatic carbocycles. The third kappa shape index (κ3) is 4.02. The number of benzene rings is 1. The minimum atomic E-state index is -0.857. The van der Waals surface area contributed by atoms with Crippen LogP contribution in [0, 0.1) is 5.92 Å². The minimum Gasteiger partial charge on any atom is -0.478 e. The van der Waals surface area contributed by atoms with Crippen molar-refractivity contribution in [3.63, 3.8) is 0 Å². The fourth-order valence-electron chi connectivity index (χ4n) is 4.42. The topological polar surface area (TPSA) is 47.4 Å². The second kappa shape index (κ2) is 7.37. The van der Waals surface area contributed by atoms with Crippen LogP contribution in [0.25, 0.3) is 0 Å². The average Bonchev–Trinajstić information content (AvgIpc) is 3.32. The highest BCUT2D eigenvalue weighted by atomic mass is 16.5. The van der Waals surface area contributed by atoms with E-state index in [1.165, 1.54) is 17.5 Å². The van der Waals surface area contributed by atoms with Gasteiger partial charge in [0.25, 0.3) is 5.91 Å². The largest absolute Gasteiger partial charge is 0.478 e. The summed E-state index contributed by atoms with van der Waals surface area (Å²) in [4.78, 5) is 19.3. The first kappa shape index (κ1) is 18.1. The summed E-state index contributed by atoms with van der Waals surface area (Å²) in [5, 5.41) is 0. The van der Waals surface area contributed by atoms with Crippen LogP contribution in [-0.2, 0) is 24.2 Å². The lowest BCUT2D eigenvalue weighted by atomic mass is 9.96. The zero-order chi connectivity index (χ0) is 18.9. The number of imidazole rings is 1. The standard InChI is InChI=1S/C22H29N3O2/c1-22(2,27-20-9-8-18-6-3-7-19(18)13-20)21(26)25-11-4-5-17(15-25)14-24-12-10-23-16-24/h8-10,12-13,16-17H,3-7,11,14-15H2,1-2H3/t17-/m0/s1. The molecule has 27 heavy (non-hydrogen) atoms. The number of amides is 1. The van der Waals surface area contributed by atoms with Crippen molar-refractivity contribution in [2.75, 3.05) is 13.1 Å². The number of aryl methyl sites for hydroxylation is 2. The maximum Gasteiger partial charge on any atom is 0.266 e. The number of nitrogens with zero attached hydrogens (tertiary/aromatic N) is 3. The number of ether oxygens (including phenoxy) is 1. The molecule has 0 radical (unpaired) electrons. The lowest BCUT2D eigenvalue weighted by molar-refractivity contribution is -0.147. The highest BCUT2D eigenvalue weighted by Crippen LogP contribution is 2.29. The number of hydrogen-bond donors (Lipinski definition) is 0. The average molecular weight is 367 g/mol. The Kier molecular flexibility index (Phi) is 4.94. The summed E-state index contributed by atoms with van der Waals surface area (Å²) in [5.41, 5.74) is 1.93. The van der Waals surface area contributed by atoms with Crippen LogP contribution in [-0.4, -0.2) is 39.0 Å². The van der Waals surface area contributed by atoms with Crippen LogP contribution in [0.5, 0.6) is 5.75 Å². The van der Waals surface area contributed by atoms with Crippen LogP contribution >= 0.6 is 0 Å². The van der Waals surface area contributed by atoms with Gasteiger partial charge in [0.05, 0.1) is 6.33 Å². The maximum absolute atomic E-state index is 13.2. The van der Waals surface area contributed by atoms with E-state index in [0.717, 1.165) is 51.1 Å². The van der Waals surface area contributed by atoms with E-state index in [1.807, 2.05) is 37.3 Å². The Balaban J connectivity index is 1.41. The molecule has 0 saturated carbocycles. The SMILES string of the molecule is CC(C)(Oc1ccc2c(c1)CCC2)C(=O)N1CCC[C@@H](Cn2ccnc2)C1. The van der Waals surface area contributed by atoms with E-state index in [1.54, 1.807) is 6.20 Å². The van der Waals surface area contributed by atoms with Crippen LogP contribution in [0.2, 0.25) is 0 Å². The number of fused-ring (bicyclic) bond motifs is 1. The molecule has 0 bridgehead atoms. The van der Waals surface area contributed by atoms with E-state index in [-0.39, 0.29) is 5.91 Å². The van der Waals surface area contributed by atoms with Crippen molar-refractivity contribution in [3.8, 4) is 5.75 Å². The molecule has 1 aromatic carbocycles. The molecule has 4 rings (SSSR count). The van der Waals surface area contributed by atoms with Gasteiger partial charge in [0, 0.05) is 32.0 Å². The number of carbonyl (C=O) groups excluding carboxylic acids is 1. The second-order valence-corrected chi connectivity index (χ2v) is 8.42. The van der Waals surface area contributed by atoms with E-state index >= 15 is 0 Å². The fourth-order valence-corrected chi connectivity index (χ4v) is 4.42. The molecule has 144 valence electrons. The summed E-state index contributed by atoms with van der Waals surface area (Å²) >= 11 is 0. The Morgan fingerprint density at radius 3 is 2.93 bits per heavy atom. The zero-order valence-corrected chi connectivity index (χ0v) is 16.4. The molecule has 2 aliphatic rings. The molecule has 0 spiro atoms. The minimum absolute atomic E-state index is 0.0818. The quantitative estimate of drug-likeness (QED) is 0.813. The number of piperidine rings is 1. The number of carbonyl (C=O) groups is 1. The normalized spacial score (nSPS) is 19.8. The molecule has 0 N–H and O–H groups in total. The molecule has 5 nitrogen and oxygen atoms in total. The van der Waals surface area contributed by atoms with Gasteiger partial charge in [-0.15, -0.1) is 0 Å². The first-order chi connectivity index (χ1) is 13.0. The molecule has 1 atom stereocenters. The van der Waals surface area contributed by atoms with Gasteiger partial charge in [-0.3, -0.25) is 4.79 Å². The zero-order valence-electron chi connectivity index (χ0n) is 16.4. The van der Waals surface area contributed by atoms with Crippen LogP contribution in [0.15, 0.2) is 36.9 Å². The lowest BCUT2D eigenvalue weighted by Crippen LogP contribution is -2.52.